The maximum atomic E-state index is 8.76. The highest BCUT2D eigenvalue weighted by Crippen LogP contribution is 2.20. The molecular formula is C6H15NO2. The summed E-state index contributed by atoms with van der Waals surface area (Å²) < 4.78 is 0. The van der Waals surface area contributed by atoms with Gasteiger partial charge in [-0.15, -0.1) is 0 Å². The van der Waals surface area contributed by atoms with Crippen molar-refractivity contribution in [3.8, 4) is 0 Å². The highest BCUT2D eigenvalue weighted by atomic mass is 16.6. The fraction of sp³-hybridized carbons (Fsp3) is 1.00. The van der Waals surface area contributed by atoms with Gasteiger partial charge in [-0.05, 0) is 6.92 Å². The van der Waals surface area contributed by atoms with Crippen LogP contribution in [0.15, 0.2) is 0 Å². The van der Waals surface area contributed by atoms with Crippen molar-refractivity contribution in [2.24, 2.45) is 11.3 Å². The molecule has 56 valence electrons. The van der Waals surface area contributed by atoms with Gasteiger partial charge in [-0.1, -0.05) is 13.8 Å². The van der Waals surface area contributed by atoms with Gasteiger partial charge >= 0.3 is 0 Å². The second-order valence-electron chi connectivity index (χ2n) is 2.93. The summed E-state index contributed by atoms with van der Waals surface area (Å²) in [7, 11) is 0. The number of aliphatic hydroxyl groups excluding tert-OH is 1. The molecule has 0 radical (unpaired) electrons. The molecule has 0 spiro atoms. The predicted molar refractivity (Wildman–Crippen MR) is 35.6 cm³/mol. The van der Waals surface area contributed by atoms with Crippen LogP contribution in [0.5, 0.6) is 0 Å². The Balaban J connectivity index is 3.80. The molecule has 0 fully saturated rings. The molecule has 3 N–H and O–H groups in total. The average Bonchev–Trinajstić information content (AvgIpc) is 1.86. The van der Waals surface area contributed by atoms with Crippen LogP contribution in [0.4, 0.5) is 0 Å². The van der Waals surface area contributed by atoms with E-state index < -0.39 is 0 Å². The fourth-order valence-corrected chi connectivity index (χ4v) is 0.313. The molecule has 0 aliphatic heterocycles. The topological polar surface area (TPSA) is 55.5 Å². The van der Waals surface area contributed by atoms with Gasteiger partial charge in [0.15, 0.2) is 0 Å². The number of aliphatic hydroxyl groups is 1. The van der Waals surface area contributed by atoms with E-state index in [4.69, 9.17) is 11.0 Å². The molecule has 0 aromatic rings. The van der Waals surface area contributed by atoms with Gasteiger partial charge in [-0.25, -0.2) is 5.90 Å². The SMILES string of the molecule is CC(ON)C(C)(C)CO. The van der Waals surface area contributed by atoms with E-state index in [1.54, 1.807) is 0 Å². The smallest absolute Gasteiger partial charge is 0.0831 e. The molecule has 1 unspecified atom stereocenters. The standard InChI is InChI=1S/C6H15NO2/c1-5(9-7)6(2,3)4-8/h5,8H,4,7H2,1-3H3. The third-order valence-corrected chi connectivity index (χ3v) is 1.71. The molecule has 1 atom stereocenters. The molecular weight excluding hydrogens is 118 g/mol. The molecule has 0 saturated carbocycles. The maximum absolute atomic E-state index is 8.76. The van der Waals surface area contributed by atoms with Gasteiger partial charge in [0.05, 0.1) is 12.7 Å². The lowest BCUT2D eigenvalue weighted by Crippen LogP contribution is -2.34. The van der Waals surface area contributed by atoms with Crippen molar-refractivity contribution in [3.05, 3.63) is 0 Å². The normalized spacial score (nSPS) is 15.7. The van der Waals surface area contributed by atoms with E-state index in [0.717, 1.165) is 0 Å². The first-order chi connectivity index (χ1) is 4.04. The summed E-state index contributed by atoms with van der Waals surface area (Å²) >= 11 is 0. The molecule has 3 heteroatoms. The lowest BCUT2D eigenvalue weighted by atomic mass is 9.89. The minimum absolute atomic E-state index is 0.0887. The van der Waals surface area contributed by atoms with Crippen LogP contribution in [0.25, 0.3) is 0 Å². The molecule has 0 aromatic carbocycles. The van der Waals surface area contributed by atoms with Crippen molar-refractivity contribution in [3.63, 3.8) is 0 Å². The number of hydrogen-bond donors (Lipinski definition) is 2. The van der Waals surface area contributed by atoms with Crippen molar-refractivity contribution in [2.75, 3.05) is 6.61 Å². The third-order valence-electron chi connectivity index (χ3n) is 1.71. The van der Waals surface area contributed by atoms with E-state index in [0.29, 0.717) is 0 Å². The van der Waals surface area contributed by atoms with Gasteiger partial charge in [0.2, 0.25) is 0 Å². The predicted octanol–water partition coefficient (Wildman–Crippen LogP) is 0.284. The number of nitrogens with two attached hydrogens (primary N) is 1. The molecule has 0 rings (SSSR count). The summed E-state index contributed by atoms with van der Waals surface area (Å²) in [5.74, 6) is 4.92. The molecule has 0 saturated heterocycles. The first-order valence-electron chi connectivity index (χ1n) is 3.01. The summed E-state index contributed by atoms with van der Waals surface area (Å²) in [6.45, 7) is 5.70. The molecule has 9 heavy (non-hydrogen) atoms. The Morgan fingerprint density at radius 2 is 2.11 bits per heavy atom. The summed E-state index contributed by atoms with van der Waals surface area (Å²) in [4.78, 5) is 4.55. The fourth-order valence-electron chi connectivity index (χ4n) is 0.313. The zero-order valence-electron chi connectivity index (χ0n) is 6.22. The summed E-state index contributed by atoms with van der Waals surface area (Å²) in [5, 5.41) is 8.76. The highest BCUT2D eigenvalue weighted by molar-refractivity contribution is 4.73. The van der Waals surface area contributed by atoms with E-state index in [2.05, 4.69) is 4.84 Å². The number of hydrogen-bond acceptors (Lipinski definition) is 3. The van der Waals surface area contributed by atoms with E-state index >= 15 is 0 Å². The van der Waals surface area contributed by atoms with Crippen molar-refractivity contribution in [1.82, 2.24) is 0 Å². The third kappa shape index (κ3) is 2.30. The van der Waals surface area contributed by atoms with E-state index in [1.807, 2.05) is 20.8 Å². The quantitative estimate of drug-likeness (QED) is 0.544. The Kier molecular flexibility index (Phi) is 3.11. The van der Waals surface area contributed by atoms with Crippen molar-refractivity contribution in [2.45, 2.75) is 26.9 Å². The first-order valence-corrected chi connectivity index (χ1v) is 3.01. The second kappa shape index (κ2) is 3.15. The Hall–Kier alpha value is -0.120. The van der Waals surface area contributed by atoms with Crippen LogP contribution >= 0.6 is 0 Å². The van der Waals surface area contributed by atoms with Crippen LogP contribution in [-0.2, 0) is 4.84 Å². The zero-order valence-corrected chi connectivity index (χ0v) is 6.22. The lowest BCUT2D eigenvalue weighted by molar-refractivity contribution is -0.0391. The van der Waals surface area contributed by atoms with Crippen LogP contribution < -0.4 is 5.90 Å². The molecule has 3 nitrogen and oxygen atoms in total. The monoisotopic (exact) mass is 133 g/mol. The van der Waals surface area contributed by atoms with Crippen LogP contribution in [0, 0.1) is 5.41 Å². The van der Waals surface area contributed by atoms with Crippen molar-refractivity contribution < 1.29 is 9.94 Å². The Labute approximate surface area is 55.8 Å². The minimum atomic E-state index is -0.241. The van der Waals surface area contributed by atoms with Crippen LogP contribution in [-0.4, -0.2) is 17.8 Å². The zero-order chi connectivity index (χ0) is 7.49. The van der Waals surface area contributed by atoms with Crippen LogP contribution in [0.3, 0.4) is 0 Å². The van der Waals surface area contributed by atoms with E-state index in [-0.39, 0.29) is 18.1 Å². The van der Waals surface area contributed by atoms with Gasteiger partial charge in [0.25, 0.3) is 0 Å². The number of rotatable bonds is 3. The van der Waals surface area contributed by atoms with Crippen molar-refractivity contribution >= 4 is 0 Å². The average molecular weight is 133 g/mol. The molecule has 0 heterocycles. The van der Waals surface area contributed by atoms with Gasteiger partial charge < -0.3 is 9.94 Å². The Bertz CT molecular complexity index is 83.1. The van der Waals surface area contributed by atoms with Gasteiger partial charge in [-0.2, -0.15) is 0 Å². The molecule has 0 aliphatic carbocycles. The second-order valence-corrected chi connectivity index (χ2v) is 2.93. The summed E-state index contributed by atoms with van der Waals surface area (Å²) in [6, 6.07) is 0. The minimum Gasteiger partial charge on any atom is -0.396 e. The van der Waals surface area contributed by atoms with E-state index in [1.165, 1.54) is 0 Å². The summed E-state index contributed by atoms with van der Waals surface area (Å²) in [6.07, 6.45) is -0.109. The lowest BCUT2D eigenvalue weighted by Gasteiger charge is -2.27. The van der Waals surface area contributed by atoms with Gasteiger partial charge in [0, 0.05) is 5.41 Å². The largest absolute Gasteiger partial charge is 0.396 e. The van der Waals surface area contributed by atoms with Crippen LogP contribution in [0.2, 0.25) is 0 Å². The molecule has 0 aliphatic rings. The Morgan fingerprint density at radius 3 is 2.22 bits per heavy atom. The molecule has 0 bridgehead atoms. The van der Waals surface area contributed by atoms with Crippen LogP contribution in [0.1, 0.15) is 20.8 Å². The first kappa shape index (κ1) is 8.88. The summed E-state index contributed by atoms with van der Waals surface area (Å²) in [5.41, 5.74) is -0.241. The molecule has 0 aromatic heterocycles. The Morgan fingerprint density at radius 1 is 1.67 bits per heavy atom. The molecule has 0 amide bonds. The van der Waals surface area contributed by atoms with E-state index in [9.17, 15) is 0 Å². The maximum Gasteiger partial charge on any atom is 0.0831 e. The van der Waals surface area contributed by atoms with Crippen molar-refractivity contribution in [1.29, 1.82) is 0 Å². The van der Waals surface area contributed by atoms with Gasteiger partial charge in [0.1, 0.15) is 0 Å². The highest BCUT2D eigenvalue weighted by Gasteiger charge is 2.24. The van der Waals surface area contributed by atoms with Gasteiger partial charge in [-0.3, -0.25) is 0 Å².